The van der Waals surface area contributed by atoms with E-state index in [-0.39, 0.29) is 5.75 Å². The van der Waals surface area contributed by atoms with Crippen molar-refractivity contribution in [2.45, 2.75) is 20.8 Å². The van der Waals surface area contributed by atoms with Gasteiger partial charge < -0.3 is 10.8 Å². The van der Waals surface area contributed by atoms with E-state index in [2.05, 4.69) is 21.0 Å². The molecule has 0 aliphatic heterocycles. The Morgan fingerprint density at radius 1 is 1.22 bits per heavy atom. The average Bonchev–Trinajstić information content (AvgIpc) is 2.64. The number of phenols is 1. The zero-order valence-electron chi connectivity index (χ0n) is 10.9. The molecule has 4 nitrogen and oxygen atoms in total. The normalized spacial score (nSPS) is 10.9. The molecule has 0 saturated carbocycles. The molecule has 0 aliphatic carbocycles. The predicted octanol–water partition coefficient (Wildman–Crippen LogP) is 3.06. The number of phenolic OH excluding ortho intramolecular Hbond substituents is 1. The Morgan fingerprint density at radius 3 is 2.33 bits per heavy atom. The molecule has 0 amide bonds. The summed E-state index contributed by atoms with van der Waals surface area (Å²) in [4.78, 5) is 0. The van der Waals surface area contributed by atoms with Gasteiger partial charge in [-0.05, 0) is 53.4 Å². The van der Waals surface area contributed by atoms with Gasteiger partial charge in [-0.15, -0.1) is 0 Å². The standard InChI is InChI=1S/C13H16BrN3O/c1-6-7(2)13(18)12(14)8(3)11(6)9-5-10(15)17(4)16-9/h5,18H,15H2,1-4H3. The number of aromatic nitrogens is 2. The number of halogens is 1. The third-order valence-corrected chi connectivity index (χ3v) is 4.35. The Bertz CT molecular complexity index is 583. The van der Waals surface area contributed by atoms with Gasteiger partial charge in [0.15, 0.2) is 0 Å². The number of hydrogen-bond donors (Lipinski definition) is 2. The summed E-state index contributed by atoms with van der Waals surface area (Å²) in [7, 11) is 1.81. The molecule has 0 aliphatic rings. The van der Waals surface area contributed by atoms with Crippen LogP contribution in [0.15, 0.2) is 10.5 Å². The van der Waals surface area contributed by atoms with Crippen molar-refractivity contribution in [3.05, 3.63) is 27.2 Å². The summed E-state index contributed by atoms with van der Waals surface area (Å²) < 4.78 is 2.36. The Kier molecular flexibility index (Phi) is 3.11. The van der Waals surface area contributed by atoms with Crippen molar-refractivity contribution in [1.82, 2.24) is 9.78 Å². The van der Waals surface area contributed by atoms with Gasteiger partial charge in [-0.25, -0.2) is 0 Å². The van der Waals surface area contributed by atoms with E-state index in [0.29, 0.717) is 10.3 Å². The van der Waals surface area contributed by atoms with Crippen LogP contribution in [0.2, 0.25) is 0 Å². The molecule has 1 aromatic heterocycles. The van der Waals surface area contributed by atoms with Crippen LogP contribution in [0.4, 0.5) is 5.82 Å². The maximum atomic E-state index is 10.0. The monoisotopic (exact) mass is 309 g/mol. The van der Waals surface area contributed by atoms with E-state index in [1.807, 2.05) is 33.9 Å². The highest BCUT2D eigenvalue weighted by Gasteiger charge is 2.18. The third kappa shape index (κ3) is 1.79. The largest absolute Gasteiger partial charge is 0.506 e. The van der Waals surface area contributed by atoms with Crippen LogP contribution in [0.3, 0.4) is 0 Å². The number of hydrogen-bond acceptors (Lipinski definition) is 3. The van der Waals surface area contributed by atoms with Gasteiger partial charge in [-0.2, -0.15) is 5.10 Å². The predicted molar refractivity (Wildman–Crippen MR) is 76.6 cm³/mol. The van der Waals surface area contributed by atoms with E-state index in [1.54, 1.807) is 4.68 Å². The van der Waals surface area contributed by atoms with E-state index in [9.17, 15) is 5.11 Å². The molecule has 0 spiro atoms. The summed E-state index contributed by atoms with van der Waals surface area (Å²) in [5.41, 5.74) is 10.5. The molecule has 96 valence electrons. The van der Waals surface area contributed by atoms with Gasteiger partial charge in [0, 0.05) is 18.7 Å². The van der Waals surface area contributed by atoms with Crippen LogP contribution < -0.4 is 5.73 Å². The second-order valence-corrected chi connectivity index (χ2v) is 5.28. The number of nitrogen functional groups attached to an aromatic ring is 1. The maximum absolute atomic E-state index is 10.0. The smallest absolute Gasteiger partial charge is 0.133 e. The molecule has 0 atom stereocenters. The van der Waals surface area contributed by atoms with Crippen LogP contribution in [0.5, 0.6) is 5.75 Å². The molecule has 2 rings (SSSR count). The van der Waals surface area contributed by atoms with Crippen LogP contribution >= 0.6 is 15.9 Å². The van der Waals surface area contributed by atoms with Gasteiger partial charge in [0.1, 0.15) is 11.6 Å². The number of nitrogens with zero attached hydrogens (tertiary/aromatic N) is 2. The lowest BCUT2D eigenvalue weighted by molar-refractivity contribution is 0.466. The molecule has 3 N–H and O–H groups in total. The lowest BCUT2D eigenvalue weighted by Crippen LogP contribution is -1.98. The highest BCUT2D eigenvalue weighted by atomic mass is 79.9. The molecule has 5 heteroatoms. The molecule has 1 heterocycles. The minimum Gasteiger partial charge on any atom is -0.506 e. The lowest BCUT2D eigenvalue weighted by Gasteiger charge is -2.14. The van der Waals surface area contributed by atoms with Crippen LogP contribution in [0, 0.1) is 20.8 Å². The lowest BCUT2D eigenvalue weighted by atomic mass is 9.95. The van der Waals surface area contributed by atoms with Gasteiger partial charge in [0.05, 0.1) is 10.2 Å². The summed E-state index contributed by atoms with van der Waals surface area (Å²) in [6, 6.07) is 1.85. The Hall–Kier alpha value is -1.49. The molecular weight excluding hydrogens is 294 g/mol. The van der Waals surface area contributed by atoms with Crippen molar-refractivity contribution in [3.8, 4) is 17.0 Å². The first kappa shape index (κ1) is 13.0. The second-order valence-electron chi connectivity index (χ2n) is 4.49. The third-order valence-electron chi connectivity index (χ3n) is 3.38. The maximum Gasteiger partial charge on any atom is 0.133 e. The fraction of sp³-hybridized carbons (Fsp3) is 0.308. The van der Waals surface area contributed by atoms with Crippen LogP contribution in [0.25, 0.3) is 11.3 Å². The van der Waals surface area contributed by atoms with Gasteiger partial charge in [0.2, 0.25) is 0 Å². The molecule has 1 aromatic carbocycles. The van der Waals surface area contributed by atoms with Gasteiger partial charge in [0.25, 0.3) is 0 Å². The van der Waals surface area contributed by atoms with Crippen molar-refractivity contribution in [2.75, 3.05) is 5.73 Å². The van der Waals surface area contributed by atoms with E-state index >= 15 is 0 Å². The summed E-state index contributed by atoms with van der Waals surface area (Å²) in [6.07, 6.45) is 0. The first-order valence-corrected chi connectivity index (χ1v) is 6.42. The second kappa shape index (κ2) is 4.31. The molecule has 2 aromatic rings. The Balaban J connectivity index is 2.79. The zero-order valence-corrected chi connectivity index (χ0v) is 12.5. The average molecular weight is 310 g/mol. The van der Waals surface area contributed by atoms with Crippen molar-refractivity contribution in [1.29, 1.82) is 0 Å². The Morgan fingerprint density at radius 2 is 1.83 bits per heavy atom. The van der Waals surface area contributed by atoms with E-state index in [4.69, 9.17) is 5.73 Å². The zero-order chi connectivity index (χ0) is 13.6. The number of aromatic hydroxyl groups is 1. The highest BCUT2D eigenvalue weighted by Crippen LogP contribution is 2.40. The van der Waals surface area contributed by atoms with E-state index in [0.717, 1.165) is 27.9 Å². The number of anilines is 1. The molecule has 0 fully saturated rings. The molecule has 0 saturated heterocycles. The fourth-order valence-corrected chi connectivity index (χ4v) is 2.58. The molecule has 18 heavy (non-hydrogen) atoms. The van der Waals surface area contributed by atoms with Gasteiger partial charge >= 0.3 is 0 Å². The molecule has 0 bridgehead atoms. The summed E-state index contributed by atoms with van der Waals surface area (Å²) >= 11 is 3.42. The number of aryl methyl sites for hydroxylation is 1. The van der Waals surface area contributed by atoms with Crippen molar-refractivity contribution in [2.24, 2.45) is 7.05 Å². The van der Waals surface area contributed by atoms with E-state index < -0.39 is 0 Å². The number of rotatable bonds is 1. The minimum absolute atomic E-state index is 0.289. The topological polar surface area (TPSA) is 64.1 Å². The van der Waals surface area contributed by atoms with Crippen LogP contribution in [-0.4, -0.2) is 14.9 Å². The van der Waals surface area contributed by atoms with Gasteiger partial charge in [-0.1, -0.05) is 0 Å². The SMILES string of the molecule is Cc1c(C)c(-c2cc(N)n(C)n2)c(C)c(Br)c1O. The molecular formula is C13H16BrN3O. The van der Waals surface area contributed by atoms with Crippen molar-refractivity contribution in [3.63, 3.8) is 0 Å². The number of nitrogens with two attached hydrogens (primary N) is 1. The Labute approximate surface area is 115 Å². The van der Waals surface area contributed by atoms with E-state index in [1.165, 1.54) is 0 Å². The first-order valence-electron chi connectivity index (χ1n) is 5.62. The van der Waals surface area contributed by atoms with Crippen molar-refractivity contribution >= 4 is 21.7 Å². The van der Waals surface area contributed by atoms with Crippen molar-refractivity contribution < 1.29 is 5.11 Å². The molecule has 0 unspecified atom stereocenters. The first-order chi connectivity index (χ1) is 8.34. The minimum atomic E-state index is 0.289. The summed E-state index contributed by atoms with van der Waals surface area (Å²) in [6.45, 7) is 5.83. The number of benzene rings is 1. The molecule has 0 radical (unpaired) electrons. The van der Waals surface area contributed by atoms with Crippen LogP contribution in [0.1, 0.15) is 16.7 Å². The highest BCUT2D eigenvalue weighted by molar-refractivity contribution is 9.10. The van der Waals surface area contributed by atoms with Crippen LogP contribution in [-0.2, 0) is 7.05 Å². The fourth-order valence-electron chi connectivity index (χ4n) is 2.09. The summed E-state index contributed by atoms with van der Waals surface area (Å²) in [5, 5.41) is 14.4. The quantitative estimate of drug-likeness (QED) is 0.851. The van der Waals surface area contributed by atoms with Gasteiger partial charge in [-0.3, -0.25) is 4.68 Å². The summed E-state index contributed by atoms with van der Waals surface area (Å²) in [5.74, 6) is 0.906.